The van der Waals surface area contributed by atoms with E-state index < -0.39 is 17.9 Å². The highest BCUT2D eigenvalue weighted by Gasteiger charge is 2.13. The second-order valence-electron chi connectivity index (χ2n) is 5.36. The highest BCUT2D eigenvalue weighted by Crippen LogP contribution is 2.13. The molecule has 0 amide bonds. The topological polar surface area (TPSA) is 130 Å². The zero-order valence-corrected chi connectivity index (χ0v) is 14.2. The number of aromatic carboxylic acids is 3. The molecule has 3 aromatic rings. The Balaban J connectivity index is 0.000000194. The predicted octanol–water partition coefficient (Wildman–Crippen LogP) is 2.96. The molecule has 3 N–H and O–H groups in total. The largest absolute Gasteiger partial charge is 0.478 e. The summed E-state index contributed by atoms with van der Waals surface area (Å²) >= 11 is 0. The first-order chi connectivity index (χ1) is 12.8. The maximum atomic E-state index is 10.8. The Morgan fingerprint density at radius 1 is 0.778 bits per heavy atom. The molecule has 0 bridgehead atoms. The lowest BCUT2D eigenvalue weighted by Crippen LogP contribution is -2.07. The molecule has 0 atom stereocenters. The SMILES string of the molecule is Cc1c(C(=O)O)cccc1C(=O)O.O=C(O)c1ccnn1-c1ccccc1. The van der Waals surface area contributed by atoms with Gasteiger partial charge in [0.25, 0.3) is 0 Å². The monoisotopic (exact) mass is 368 g/mol. The van der Waals surface area contributed by atoms with E-state index in [0.717, 1.165) is 5.69 Å². The third-order valence-electron chi connectivity index (χ3n) is 3.66. The zero-order chi connectivity index (χ0) is 20.0. The molecular weight excluding hydrogens is 352 g/mol. The van der Waals surface area contributed by atoms with Crippen molar-refractivity contribution in [2.24, 2.45) is 0 Å². The number of rotatable bonds is 4. The summed E-state index contributed by atoms with van der Waals surface area (Å²) in [6.07, 6.45) is 1.47. The van der Waals surface area contributed by atoms with Gasteiger partial charge in [-0.1, -0.05) is 24.3 Å². The van der Waals surface area contributed by atoms with Crippen LogP contribution < -0.4 is 0 Å². The van der Waals surface area contributed by atoms with Gasteiger partial charge in [-0.05, 0) is 42.8 Å². The Morgan fingerprint density at radius 3 is 1.81 bits per heavy atom. The van der Waals surface area contributed by atoms with E-state index in [4.69, 9.17) is 15.3 Å². The van der Waals surface area contributed by atoms with E-state index in [0.29, 0.717) is 0 Å². The van der Waals surface area contributed by atoms with Crippen LogP contribution in [0, 0.1) is 6.92 Å². The Labute approximate surface area is 153 Å². The third-order valence-corrected chi connectivity index (χ3v) is 3.66. The highest BCUT2D eigenvalue weighted by molar-refractivity contribution is 5.96. The van der Waals surface area contributed by atoms with Crippen LogP contribution in [0.4, 0.5) is 0 Å². The fourth-order valence-electron chi connectivity index (χ4n) is 2.34. The summed E-state index contributed by atoms with van der Waals surface area (Å²) in [5.41, 5.74) is 1.24. The Kier molecular flexibility index (Phi) is 6.06. The van der Waals surface area contributed by atoms with E-state index in [1.54, 1.807) is 12.1 Å². The molecule has 1 heterocycles. The van der Waals surface area contributed by atoms with Crippen molar-refractivity contribution in [1.29, 1.82) is 0 Å². The number of benzene rings is 2. The van der Waals surface area contributed by atoms with Gasteiger partial charge in [-0.25, -0.2) is 19.1 Å². The average Bonchev–Trinajstić information content (AvgIpc) is 3.13. The van der Waals surface area contributed by atoms with Crippen molar-refractivity contribution in [3.8, 4) is 5.69 Å². The van der Waals surface area contributed by atoms with E-state index in [9.17, 15) is 14.4 Å². The minimum absolute atomic E-state index is 0.0277. The van der Waals surface area contributed by atoms with Gasteiger partial charge in [-0.15, -0.1) is 0 Å². The van der Waals surface area contributed by atoms with Gasteiger partial charge in [0, 0.05) is 0 Å². The van der Waals surface area contributed by atoms with Gasteiger partial charge in [0.15, 0.2) is 5.69 Å². The summed E-state index contributed by atoms with van der Waals surface area (Å²) in [5.74, 6) is -3.20. The molecule has 0 saturated heterocycles. The molecule has 1 aromatic heterocycles. The van der Waals surface area contributed by atoms with E-state index in [1.807, 2.05) is 18.2 Å². The van der Waals surface area contributed by atoms with Crippen LogP contribution in [0.15, 0.2) is 60.8 Å². The Hall–Kier alpha value is -3.94. The van der Waals surface area contributed by atoms with Gasteiger partial charge in [0.1, 0.15) is 0 Å². The van der Waals surface area contributed by atoms with Crippen LogP contribution in [0.3, 0.4) is 0 Å². The van der Waals surface area contributed by atoms with Crippen LogP contribution in [0.25, 0.3) is 5.69 Å². The van der Waals surface area contributed by atoms with E-state index in [-0.39, 0.29) is 22.4 Å². The summed E-state index contributed by atoms with van der Waals surface area (Å²) < 4.78 is 1.39. The standard InChI is InChI=1S/C10H8N2O2.C9H8O4/c13-10(14)9-6-7-11-12(9)8-4-2-1-3-5-8;1-5-6(8(10)11)3-2-4-7(5)9(12)13/h1-7H,(H,13,14);2-4H,1H3,(H,10,11)(H,12,13). The van der Waals surface area contributed by atoms with E-state index >= 15 is 0 Å². The molecule has 0 spiro atoms. The van der Waals surface area contributed by atoms with Crippen molar-refractivity contribution in [3.63, 3.8) is 0 Å². The molecule has 0 saturated carbocycles. The summed E-state index contributed by atoms with van der Waals surface area (Å²) in [6.45, 7) is 1.48. The quantitative estimate of drug-likeness (QED) is 0.645. The van der Waals surface area contributed by atoms with Crippen LogP contribution in [-0.2, 0) is 0 Å². The fraction of sp³-hybridized carbons (Fsp3) is 0.0526. The number of aromatic nitrogens is 2. The highest BCUT2D eigenvalue weighted by atomic mass is 16.4. The smallest absolute Gasteiger partial charge is 0.354 e. The molecule has 27 heavy (non-hydrogen) atoms. The van der Waals surface area contributed by atoms with Crippen molar-refractivity contribution >= 4 is 17.9 Å². The molecule has 0 unspecified atom stereocenters. The molecule has 0 radical (unpaired) electrons. The molecule has 8 heteroatoms. The lowest BCUT2D eigenvalue weighted by atomic mass is 10.0. The second kappa shape index (κ2) is 8.43. The first kappa shape index (κ1) is 19.4. The summed E-state index contributed by atoms with van der Waals surface area (Å²) in [7, 11) is 0. The Bertz CT molecular complexity index is 947. The Morgan fingerprint density at radius 2 is 1.33 bits per heavy atom. The number of carboxylic acids is 3. The minimum atomic E-state index is -1.11. The molecule has 8 nitrogen and oxygen atoms in total. The van der Waals surface area contributed by atoms with Crippen LogP contribution in [0.1, 0.15) is 36.8 Å². The van der Waals surface area contributed by atoms with E-state index in [1.165, 1.54) is 42.1 Å². The molecule has 138 valence electrons. The van der Waals surface area contributed by atoms with Crippen molar-refractivity contribution < 1.29 is 29.7 Å². The van der Waals surface area contributed by atoms with E-state index in [2.05, 4.69) is 5.10 Å². The number of para-hydroxylation sites is 1. The lowest BCUT2D eigenvalue weighted by Gasteiger charge is -2.03. The first-order valence-corrected chi connectivity index (χ1v) is 7.72. The van der Waals surface area contributed by atoms with Crippen LogP contribution >= 0.6 is 0 Å². The van der Waals surface area contributed by atoms with Crippen molar-refractivity contribution in [2.75, 3.05) is 0 Å². The molecular formula is C19H16N2O6. The van der Waals surface area contributed by atoms with Gasteiger partial charge in [0.2, 0.25) is 0 Å². The minimum Gasteiger partial charge on any atom is -0.478 e. The second-order valence-corrected chi connectivity index (χ2v) is 5.36. The zero-order valence-electron chi connectivity index (χ0n) is 14.2. The summed E-state index contributed by atoms with van der Waals surface area (Å²) in [4.78, 5) is 32.0. The van der Waals surface area contributed by atoms with Crippen LogP contribution in [-0.4, -0.2) is 43.0 Å². The van der Waals surface area contributed by atoms with Crippen molar-refractivity contribution in [1.82, 2.24) is 9.78 Å². The number of carbonyl (C=O) groups is 3. The lowest BCUT2D eigenvalue weighted by molar-refractivity contribution is 0.0675. The number of nitrogens with zero attached hydrogens (tertiary/aromatic N) is 2. The van der Waals surface area contributed by atoms with Gasteiger partial charge >= 0.3 is 17.9 Å². The molecule has 2 aromatic carbocycles. The molecule has 0 aliphatic rings. The van der Waals surface area contributed by atoms with Crippen molar-refractivity contribution in [2.45, 2.75) is 6.92 Å². The van der Waals surface area contributed by atoms with Crippen LogP contribution in [0.2, 0.25) is 0 Å². The maximum absolute atomic E-state index is 10.8. The molecule has 3 rings (SSSR count). The summed E-state index contributed by atoms with van der Waals surface area (Å²) in [5, 5.41) is 30.2. The number of hydrogen-bond donors (Lipinski definition) is 3. The van der Waals surface area contributed by atoms with Crippen LogP contribution in [0.5, 0.6) is 0 Å². The predicted molar refractivity (Wildman–Crippen MR) is 95.6 cm³/mol. The van der Waals surface area contributed by atoms with Gasteiger partial charge < -0.3 is 15.3 Å². The molecule has 0 fully saturated rings. The molecule has 0 aliphatic heterocycles. The number of hydrogen-bond acceptors (Lipinski definition) is 4. The summed E-state index contributed by atoms with van der Waals surface area (Å²) in [6, 6.07) is 14.8. The van der Waals surface area contributed by atoms with Gasteiger partial charge in [-0.2, -0.15) is 5.10 Å². The first-order valence-electron chi connectivity index (χ1n) is 7.72. The van der Waals surface area contributed by atoms with Crippen molar-refractivity contribution in [3.05, 3.63) is 83.2 Å². The fourth-order valence-corrected chi connectivity index (χ4v) is 2.34. The van der Waals surface area contributed by atoms with Gasteiger partial charge in [0.05, 0.1) is 23.0 Å². The third kappa shape index (κ3) is 4.57. The number of carboxylic acid groups (broad SMARTS) is 3. The van der Waals surface area contributed by atoms with Gasteiger partial charge in [-0.3, -0.25) is 0 Å². The maximum Gasteiger partial charge on any atom is 0.354 e. The molecule has 0 aliphatic carbocycles. The average molecular weight is 368 g/mol. The normalized spacial score (nSPS) is 9.81.